The van der Waals surface area contributed by atoms with Crippen LogP contribution in [0.5, 0.6) is 5.88 Å². The van der Waals surface area contributed by atoms with Crippen LogP contribution >= 0.6 is 11.3 Å². The van der Waals surface area contributed by atoms with Gasteiger partial charge in [-0.25, -0.2) is 14.8 Å². The lowest BCUT2D eigenvalue weighted by Gasteiger charge is -2.12. The van der Waals surface area contributed by atoms with Crippen molar-refractivity contribution in [3.05, 3.63) is 54.4 Å². The number of rotatable bonds is 7. The Kier molecular flexibility index (Phi) is 6.33. The molecule has 0 aliphatic heterocycles. The van der Waals surface area contributed by atoms with Crippen LogP contribution in [0, 0.1) is 0 Å². The molecule has 0 bridgehead atoms. The van der Waals surface area contributed by atoms with Crippen LogP contribution in [-0.4, -0.2) is 45.8 Å². The summed E-state index contributed by atoms with van der Waals surface area (Å²) < 4.78 is 13.0. The molecule has 2 amide bonds. The van der Waals surface area contributed by atoms with Crippen molar-refractivity contribution < 1.29 is 14.1 Å². The summed E-state index contributed by atoms with van der Waals surface area (Å²) in [5.74, 6) is 1.67. The van der Waals surface area contributed by atoms with Crippen molar-refractivity contribution in [2.45, 2.75) is 26.2 Å². The van der Waals surface area contributed by atoms with Crippen LogP contribution in [0.2, 0.25) is 0 Å². The molecule has 0 atom stereocenters. The number of thiazole rings is 1. The lowest BCUT2D eigenvalue weighted by molar-refractivity contribution is 0.262. The molecule has 10 nitrogen and oxygen atoms in total. The van der Waals surface area contributed by atoms with Gasteiger partial charge in [-0.2, -0.15) is 0 Å². The topological polar surface area (TPSA) is 119 Å². The number of urea groups is 1. The minimum atomic E-state index is -0.396. The van der Waals surface area contributed by atoms with Crippen molar-refractivity contribution in [3.63, 3.8) is 0 Å². The number of nitrogens with one attached hydrogen (secondary N) is 3. The number of hydrogen-bond donors (Lipinski definition) is 3. The van der Waals surface area contributed by atoms with E-state index >= 15 is 0 Å². The molecular formula is C25H27N7O3S. The van der Waals surface area contributed by atoms with Crippen LogP contribution in [0.25, 0.3) is 26.6 Å². The number of anilines is 2. The number of imidazole rings is 1. The van der Waals surface area contributed by atoms with Gasteiger partial charge in [-0.05, 0) is 25.2 Å². The average Bonchev–Trinajstić information content (AvgIpc) is 3.54. The Morgan fingerprint density at radius 2 is 1.92 bits per heavy atom. The SMILES string of the molecule is CNCCOc1ccc2c(n1)sc1nc(-c3ccc(NC(=O)Nc4cc(C(C)(C)C)on4)cc3)cn12. The van der Waals surface area contributed by atoms with E-state index in [0.717, 1.165) is 33.1 Å². The molecule has 1 aromatic carbocycles. The second kappa shape index (κ2) is 9.59. The van der Waals surface area contributed by atoms with E-state index in [9.17, 15) is 4.79 Å². The van der Waals surface area contributed by atoms with E-state index in [1.165, 1.54) is 11.3 Å². The highest BCUT2D eigenvalue weighted by atomic mass is 32.1. The van der Waals surface area contributed by atoms with Gasteiger partial charge < -0.3 is 19.9 Å². The van der Waals surface area contributed by atoms with E-state index in [-0.39, 0.29) is 5.41 Å². The first kappa shape index (κ1) is 23.8. The molecule has 0 fully saturated rings. The summed E-state index contributed by atoms with van der Waals surface area (Å²) in [6.45, 7) is 7.36. The van der Waals surface area contributed by atoms with Gasteiger partial charge in [-0.3, -0.25) is 9.72 Å². The first-order valence-electron chi connectivity index (χ1n) is 11.5. The van der Waals surface area contributed by atoms with E-state index in [2.05, 4.69) is 26.1 Å². The number of amides is 2. The Morgan fingerprint density at radius 3 is 2.64 bits per heavy atom. The number of fused-ring (bicyclic) bond motifs is 3. The zero-order chi connectivity index (χ0) is 25.3. The summed E-state index contributed by atoms with van der Waals surface area (Å²) in [5.41, 5.74) is 3.22. The third-order valence-corrected chi connectivity index (χ3v) is 6.43. The third kappa shape index (κ3) is 5.02. The predicted octanol–water partition coefficient (Wildman–Crippen LogP) is 5.14. The normalized spacial score (nSPS) is 11.8. The number of carbonyl (C=O) groups excluding carboxylic acids is 1. The van der Waals surface area contributed by atoms with E-state index in [1.54, 1.807) is 6.07 Å². The fourth-order valence-corrected chi connectivity index (χ4v) is 4.51. The van der Waals surface area contributed by atoms with Gasteiger partial charge in [0.1, 0.15) is 17.2 Å². The smallest absolute Gasteiger partial charge is 0.324 e. The summed E-state index contributed by atoms with van der Waals surface area (Å²) in [4.78, 5) is 23.4. The Hall–Kier alpha value is -3.96. The van der Waals surface area contributed by atoms with Crippen LogP contribution in [0.4, 0.5) is 16.3 Å². The number of aromatic nitrogens is 4. The Morgan fingerprint density at radius 1 is 1.11 bits per heavy atom. The molecule has 4 aromatic heterocycles. The predicted molar refractivity (Wildman–Crippen MR) is 141 cm³/mol. The molecule has 11 heteroatoms. The largest absolute Gasteiger partial charge is 0.476 e. The standard InChI is InChI=1S/C25H27N7O3S/c1-25(2,3)19-13-20(31-35-19)29-23(33)27-16-7-5-15(6-8-16)17-14-32-18-9-10-21(34-12-11-26-4)30-22(18)36-24(32)28-17/h5-10,13-14,26H,11-12H2,1-4H3,(H2,27,29,31,33). The highest BCUT2D eigenvalue weighted by Gasteiger charge is 2.20. The second-order valence-corrected chi connectivity index (χ2v) is 10.2. The lowest BCUT2D eigenvalue weighted by atomic mass is 9.93. The molecular weight excluding hydrogens is 478 g/mol. The van der Waals surface area contributed by atoms with Crippen LogP contribution in [0.1, 0.15) is 26.5 Å². The van der Waals surface area contributed by atoms with E-state index < -0.39 is 6.03 Å². The van der Waals surface area contributed by atoms with E-state index in [4.69, 9.17) is 14.2 Å². The maximum atomic E-state index is 12.4. The number of nitrogens with zero attached hydrogens (tertiary/aromatic N) is 4. The van der Waals surface area contributed by atoms with Crippen molar-refractivity contribution in [3.8, 4) is 17.1 Å². The number of pyridine rings is 1. The molecule has 0 saturated carbocycles. The maximum Gasteiger partial charge on any atom is 0.324 e. The first-order chi connectivity index (χ1) is 17.3. The van der Waals surface area contributed by atoms with Crippen molar-refractivity contribution >= 4 is 44.2 Å². The zero-order valence-corrected chi connectivity index (χ0v) is 21.3. The minimum Gasteiger partial charge on any atom is -0.476 e. The number of ether oxygens (including phenoxy) is 1. The van der Waals surface area contributed by atoms with Gasteiger partial charge in [0.25, 0.3) is 0 Å². The quantitative estimate of drug-likeness (QED) is 0.262. The summed E-state index contributed by atoms with van der Waals surface area (Å²) >= 11 is 1.51. The number of benzene rings is 1. The Bertz CT molecular complexity index is 1510. The highest BCUT2D eigenvalue weighted by Crippen LogP contribution is 2.30. The van der Waals surface area contributed by atoms with E-state index in [0.29, 0.717) is 29.8 Å². The lowest BCUT2D eigenvalue weighted by Crippen LogP contribution is -2.19. The maximum absolute atomic E-state index is 12.4. The third-order valence-electron chi connectivity index (χ3n) is 5.47. The summed E-state index contributed by atoms with van der Waals surface area (Å²) in [7, 11) is 1.88. The monoisotopic (exact) mass is 505 g/mol. The summed E-state index contributed by atoms with van der Waals surface area (Å²) in [5, 5.41) is 12.5. The average molecular weight is 506 g/mol. The Balaban J connectivity index is 1.26. The number of likely N-dealkylation sites (N-methyl/N-ethyl adjacent to an activating group) is 1. The van der Waals surface area contributed by atoms with Crippen LogP contribution < -0.4 is 20.7 Å². The first-order valence-corrected chi connectivity index (χ1v) is 12.3. The van der Waals surface area contributed by atoms with Gasteiger partial charge >= 0.3 is 6.03 Å². The molecule has 0 spiro atoms. The van der Waals surface area contributed by atoms with E-state index in [1.807, 2.05) is 74.8 Å². The summed E-state index contributed by atoms with van der Waals surface area (Å²) in [6.07, 6.45) is 1.99. The van der Waals surface area contributed by atoms with Crippen LogP contribution in [0.3, 0.4) is 0 Å². The van der Waals surface area contributed by atoms with Gasteiger partial charge in [-0.15, -0.1) is 0 Å². The number of hydrogen-bond acceptors (Lipinski definition) is 8. The molecule has 5 rings (SSSR count). The van der Waals surface area contributed by atoms with Crippen molar-refractivity contribution in [2.24, 2.45) is 0 Å². The molecule has 0 unspecified atom stereocenters. The van der Waals surface area contributed by atoms with Gasteiger partial charge in [0.05, 0.1) is 11.2 Å². The molecule has 0 radical (unpaired) electrons. The fraction of sp³-hybridized carbons (Fsp3) is 0.280. The van der Waals surface area contributed by atoms with Gasteiger partial charge in [0.2, 0.25) is 5.88 Å². The number of carbonyl (C=O) groups is 1. The molecule has 5 aromatic rings. The molecule has 186 valence electrons. The van der Waals surface area contributed by atoms with Crippen LogP contribution in [0.15, 0.2) is 53.2 Å². The van der Waals surface area contributed by atoms with Crippen molar-refractivity contribution in [1.82, 2.24) is 24.8 Å². The van der Waals surface area contributed by atoms with Crippen LogP contribution in [-0.2, 0) is 5.41 Å². The molecule has 0 aliphatic rings. The molecule has 3 N–H and O–H groups in total. The van der Waals surface area contributed by atoms with Crippen molar-refractivity contribution in [1.29, 1.82) is 0 Å². The van der Waals surface area contributed by atoms with Gasteiger partial charge in [-0.1, -0.05) is 49.4 Å². The molecule has 0 aliphatic carbocycles. The minimum absolute atomic E-state index is 0.187. The highest BCUT2D eigenvalue weighted by molar-refractivity contribution is 7.23. The van der Waals surface area contributed by atoms with Crippen molar-refractivity contribution in [2.75, 3.05) is 30.8 Å². The fourth-order valence-electron chi connectivity index (χ4n) is 3.54. The molecule has 36 heavy (non-hydrogen) atoms. The summed E-state index contributed by atoms with van der Waals surface area (Å²) in [6, 6.07) is 12.7. The molecule has 0 saturated heterocycles. The Labute approximate surface area is 211 Å². The van der Waals surface area contributed by atoms with Gasteiger partial charge in [0.15, 0.2) is 10.8 Å². The van der Waals surface area contributed by atoms with Gasteiger partial charge in [0, 0.05) is 41.5 Å². The molecule has 4 heterocycles. The second-order valence-electron chi connectivity index (χ2n) is 9.29. The zero-order valence-electron chi connectivity index (χ0n) is 20.5.